The maximum Gasteiger partial charge on any atom is 0.328 e. The van der Waals surface area contributed by atoms with Gasteiger partial charge in [-0.15, -0.1) is 0 Å². The van der Waals surface area contributed by atoms with Crippen LogP contribution in [0, 0.1) is 0 Å². The third kappa shape index (κ3) is 3.16. The Balaban J connectivity index is 4.43. The average molecular weight is 214 g/mol. The summed E-state index contributed by atoms with van der Waals surface area (Å²) in [6.45, 7) is 0. The molecule has 0 radical (unpaired) electrons. The highest BCUT2D eigenvalue weighted by Gasteiger charge is 2.42. The van der Waals surface area contributed by atoms with Crippen LogP contribution in [0.2, 0.25) is 0 Å². The monoisotopic (exact) mass is 213 g/mol. The predicted octanol–water partition coefficient (Wildman–Crippen LogP) is 0.168. The maximum atomic E-state index is 12.5. The Morgan fingerprint density at radius 2 is 2.00 bits per heavy atom. The molecule has 76 valence electrons. The number of rotatable bonds is 5. The molecule has 0 fully saturated rings. The molecule has 5 nitrogen and oxygen atoms in total. The topological polar surface area (TPSA) is 101 Å². The number of carbonyl (C=O) groups is 2. The molecular formula is C6H9ClFNO4. The van der Waals surface area contributed by atoms with Crippen LogP contribution in [-0.2, 0) is 9.59 Å². The summed E-state index contributed by atoms with van der Waals surface area (Å²) in [5.41, 5.74) is 0.413. The van der Waals surface area contributed by atoms with Gasteiger partial charge in [-0.3, -0.25) is 9.59 Å². The standard InChI is InChI=1S/C6H9ClFNO4/c7-4(8)6(9,5(12)13)2-1-3(10)11/h4H,1-2,9H2,(H,10,11)(H,12,13)/t4-,6+/m1/s1. The number of alkyl halides is 2. The summed E-state index contributed by atoms with van der Waals surface area (Å²) < 4.78 is 12.5. The number of hydrogen-bond donors (Lipinski definition) is 3. The Labute approximate surface area is 78.3 Å². The molecule has 0 aliphatic carbocycles. The molecule has 0 heterocycles. The summed E-state index contributed by atoms with van der Waals surface area (Å²) in [6.07, 6.45) is -1.10. The molecule has 0 spiro atoms. The van der Waals surface area contributed by atoms with Gasteiger partial charge in [0.25, 0.3) is 0 Å². The third-order valence-electron chi connectivity index (χ3n) is 1.54. The molecule has 4 N–H and O–H groups in total. The highest BCUT2D eigenvalue weighted by molar-refractivity contribution is 6.22. The molecule has 7 heteroatoms. The van der Waals surface area contributed by atoms with Gasteiger partial charge in [-0.2, -0.15) is 0 Å². The van der Waals surface area contributed by atoms with Gasteiger partial charge in [0.1, 0.15) is 0 Å². The van der Waals surface area contributed by atoms with Crippen molar-refractivity contribution >= 4 is 23.5 Å². The second-order valence-electron chi connectivity index (χ2n) is 2.54. The van der Waals surface area contributed by atoms with Gasteiger partial charge in [-0.05, 0) is 6.42 Å². The highest BCUT2D eigenvalue weighted by atomic mass is 35.5. The molecule has 0 aromatic carbocycles. The minimum Gasteiger partial charge on any atom is -0.481 e. The van der Waals surface area contributed by atoms with E-state index in [1.54, 1.807) is 0 Å². The van der Waals surface area contributed by atoms with Crippen molar-refractivity contribution in [3.63, 3.8) is 0 Å². The Hall–Kier alpha value is -0.880. The van der Waals surface area contributed by atoms with Crippen LogP contribution >= 0.6 is 11.6 Å². The minimum absolute atomic E-state index is 0.546. The number of hydrogen-bond acceptors (Lipinski definition) is 3. The van der Waals surface area contributed by atoms with Crippen LogP contribution in [0.3, 0.4) is 0 Å². The first kappa shape index (κ1) is 12.1. The van der Waals surface area contributed by atoms with Crippen LogP contribution in [0.5, 0.6) is 0 Å². The molecule has 13 heavy (non-hydrogen) atoms. The van der Waals surface area contributed by atoms with Crippen molar-refractivity contribution in [2.45, 2.75) is 24.0 Å². The normalized spacial score (nSPS) is 17.5. The average Bonchev–Trinajstić information content (AvgIpc) is 1.99. The molecule has 0 aliphatic rings. The molecule has 0 amide bonds. The zero-order chi connectivity index (χ0) is 10.6. The van der Waals surface area contributed by atoms with Gasteiger partial charge in [-0.1, -0.05) is 11.6 Å². The van der Waals surface area contributed by atoms with E-state index in [2.05, 4.69) is 0 Å². The lowest BCUT2D eigenvalue weighted by molar-refractivity contribution is -0.145. The molecule has 0 rings (SSSR count). The quantitative estimate of drug-likeness (QED) is 0.565. The first-order valence-corrected chi connectivity index (χ1v) is 3.76. The Morgan fingerprint density at radius 3 is 2.23 bits per heavy atom. The summed E-state index contributed by atoms with van der Waals surface area (Å²) in [4.78, 5) is 20.5. The van der Waals surface area contributed by atoms with Crippen molar-refractivity contribution in [3.8, 4) is 0 Å². The summed E-state index contributed by atoms with van der Waals surface area (Å²) >= 11 is 4.90. The maximum absolute atomic E-state index is 12.5. The lowest BCUT2D eigenvalue weighted by Gasteiger charge is -2.23. The zero-order valence-corrected chi connectivity index (χ0v) is 7.29. The summed E-state index contributed by atoms with van der Waals surface area (Å²) in [6, 6.07) is 0. The minimum atomic E-state index is -2.33. The smallest absolute Gasteiger partial charge is 0.328 e. The fourth-order valence-electron chi connectivity index (χ4n) is 0.623. The molecule has 0 bridgehead atoms. The van der Waals surface area contributed by atoms with E-state index in [0.29, 0.717) is 0 Å². The molecule has 0 saturated heterocycles. The van der Waals surface area contributed by atoms with E-state index in [1.165, 1.54) is 0 Å². The molecule has 0 aliphatic heterocycles. The fraction of sp³-hybridized carbons (Fsp3) is 0.667. The Morgan fingerprint density at radius 1 is 1.54 bits per heavy atom. The first-order valence-electron chi connectivity index (χ1n) is 3.33. The van der Waals surface area contributed by atoms with Crippen molar-refractivity contribution in [1.82, 2.24) is 0 Å². The van der Waals surface area contributed by atoms with E-state index in [1.807, 2.05) is 0 Å². The summed E-state index contributed by atoms with van der Waals surface area (Å²) in [5.74, 6) is -2.91. The van der Waals surface area contributed by atoms with E-state index in [4.69, 9.17) is 27.5 Å². The van der Waals surface area contributed by atoms with Crippen molar-refractivity contribution in [2.24, 2.45) is 5.73 Å². The second kappa shape index (κ2) is 4.38. The van der Waals surface area contributed by atoms with Crippen molar-refractivity contribution in [3.05, 3.63) is 0 Å². The van der Waals surface area contributed by atoms with E-state index < -0.39 is 36.0 Å². The largest absolute Gasteiger partial charge is 0.481 e. The molecule has 0 aromatic heterocycles. The first-order chi connectivity index (χ1) is 5.80. The molecule has 0 unspecified atom stereocenters. The predicted molar refractivity (Wildman–Crippen MR) is 42.2 cm³/mol. The van der Waals surface area contributed by atoms with Crippen LogP contribution < -0.4 is 5.73 Å². The van der Waals surface area contributed by atoms with Crippen molar-refractivity contribution in [2.75, 3.05) is 0 Å². The van der Waals surface area contributed by atoms with Gasteiger partial charge in [0.15, 0.2) is 5.54 Å². The van der Waals surface area contributed by atoms with E-state index >= 15 is 0 Å². The van der Waals surface area contributed by atoms with E-state index in [0.717, 1.165) is 0 Å². The molecule has 0 aromatic rings. The highest BCUT2D eigenvalue weighted by Crippen LogP contribution is 2.21. The zero-order valence-electron chi connectivity index (χ0n) is 6.54. The van der Waals surface area contributed by atoms with Gasteiger partial charge in [-0.25, -0.2) is 4.39 Å². The van der Waals surface area contributed by atoms with Gasteiger partial charge < -0.3 is 15.9 Å². The number of nitrogens with two attached hydrogens (primary N) is 1. The number of carboxylic acids is 2. The molecule has 0 saturated carbocycles. The van der Waals surface area contributed by atoms with Crippen LogP contribution in [0.25, 0.3) is 0 Å². The van der Waals surface area contributed by atoms with Gasteiger partial charge in [0, 0.05) is 6.42 Å². The second-order valence-corrected chi connectivity index (χ2v) is 2.92. The Bertz CT molecular complexity index is 223. The number of halogens is 2. The van der Waals surface area contributed by atoms with Crippen LogP contribution in [0.15, 0.2) is 0 Å². The van der Waals surface area contributed by atoms with Crippen LogP contribution in [0.1, 0.15) is 12.8 Å². The van der Waals surface area contributed by atoms with E-state index in [9.17, 15) is 14.0 Å². The van der Waals surface area contributed by atoms with Crippen molar-refractivity contribution < 1.29 is 24.2 Å². The van der Waals surface area contributed by atoms with Crippen LogP contribution in [-0.4, -0.2) is 33.3 Å². The fourth-order valence-corrected chi connectivity index (χ4v) is 0.826. The number of carboxylic acid groups (broad SMARTS) is 2. The molecule has 2 atom stereocenters. The third-order valence-corrected chi connectivity index (χ3v) is 1.93. The van der Waals surface area contributed by atoms with Gasteiger partial charge in [0.2, 0.25) is 5.63 Å². The van der Waals surface area contributed by atoms with Gasteiger partial charge in [0.05, 0.1) is 0 Å². The number of aliphatic carboxylic acids is 2. The lowest BCUT2D eigenvalue weighted by Crippen LogP contribution is -2.54. The van der Waals surface area contributed by atoms with Gasteiger partial charge >= 0.3 is 11.9 Å². The van der Waals surface area contributed by atoms with E-state index in [-0.39, 0.29) is 0 Å². The SMILES string of the molecule is N[C@](CCC(=O)O)(C(=O)O)[C@@H](F)Cl. The van der Waals surface area contributed by atoms with Crippen LogP contribution in [0.4, 0.5) is 4.39 Å². The lowest BCUT2D eigenvalue weighted by atomic mass is 9.96. The van der Waals surface area contributed by atoms with Crippen molar-refractivity contribution in [1.29, 1.82) is 0 Å². The molecular weight excluding hydrogens is 205 g/mol. The summed E-state index contributed by atoms with van der Waals surface area (Å²) in [7, 11) is 0. The Kier molecular flexibility index (Phi) is 4.09. The summed E-state index contributed by atoms with van der Waals surface area (Å²) in [5, 5.41) is 16.7.